The minimum absolute atomic E-state index is 0.189. The van der Waals surface area contributed by atoms with Gasteiger partial charge in [-0.25, -0.2) is 4.98 Å². The van der Waals surface area contributed by atoms with Crippen LogP contribution >= 0.6 is 0 Å². The molecule has 0 aliphatic heterocycles. The lowest BCUT2D eigenvalue weighted by molar-refractivity contribution is 0.381. The average molecular weight is 200 g/mol. The van der Waals surface area contributed by atoms with Gasteiger partial charge in [-0.3, -0.25) is 4.55 Å². The van der Waals surface area contributed by atoms with E-state index >= 15 is 0 Å². The summed E-state index contributed by atoms with van der Waals surface area (Å²) in [6.45, 7) is 0. The minimum Gasteiger partial charge on any atom is -0.341 e. The van der Waals surface area contributed by atoms with Gasteiger partial charge in [-0.2, -0.15) is 13.7 Å². The molecule has 0 spiro atoms. The first-order chi connectivity index (χ1) is 6.01. The molecule has 1 aromatic rings. The van der Waals surface area contributed by atoms with Crippen molar-refractivity contribution in [3.8, 4) is 11.9 Å². The average Bonchev–Trinajstić information content (AvgIpc) is 2.01. The van der Waals surface area contributed by atoms with Crippen LogP contribution in [0.4, 0.5) is 0 Å². The Labute approximate surface area is 74.4 Å². The van der Waals surface area contributed by atoms with Crippen molar-refractivity contribution in [2.75, 3.05) is 0 Å². The van der Waals surface area contributed by atoms with Crippen LogP contribution in [0.15, 0.2) is 18.3 Å². The van der Waals surface area contributed by atoms with Crippen molar-refractivity contribution in [1.29, 1.82) is 5.26 Å². The number of pyridine rings is 1. The summed E-state index contributed by atoms with van der Waals surface area (Å²) in [4.78, 5) is 3.46. The molecule has 0 aliphatic carbocycles. The van der Waals surface area contributed by atoms with E-state index in [-0.39, 0.29) is 11.4 Å². The van der Waals surface area contributed by atoms with Crippen LogP contribution in [-0.2, 0) is 10.4 Å². The topological polar surface area (TPSA) is 100 Å². The van der Waals surface area contributed by atoms with Crippen LogP contribution in [0.3, 0.4) is 0 Å². The molecule has 0 fully saturated rings. The molecule has 0 amide bonds. The SMILES string of the molecule is N#Cc1ccnc(OS(=O)(=O)O)c1. The Kier molecular flexibility index (Phi) is 2.46. The van der Waals surface area contributed by atoms with Gasteiger partial charge < -0.3 is 4.18 Å². The standard InChI is InChI=1S/C6H4N2O4S/c7-4-5-1-2-8-6(3-5)12-13(9,10)11/h1-3H,(H,9,10,11). The van der Waals surface area contributed by atoms with Gasteiger partial charge in [0.1, 0.15) is 0 Å². The molecule has 0 saturated carbocycles. The zero-order valence-corrected chi connectivity index (χ0v) is 7.02. The second-order valence-corrected chi connectivity index (χ2v) is 3.03. The zero-order valence-electron chi connectivity index (χ0n) is 6.21. The van der Waals surface area contributed by atoms with E-state index in [0.717, 1.165) is 6.07 Å². The number of nitriles is 1. The molecule has 1 heterocycles. The van der Waals surface area contributed by atoms with E-state index in [1.807, 2.05) is 0 Å². The molecule has 0 aliphatic rings. The van der Waals surface area contributed by atoms with Gasteiger partial charge >= 0.3 is 10.4 Å². The molecule has 0 radical (unpaired) electrons. The zero-order chi connectivity index (χ0) is 9.90. The third-order valence-electron chi connectivity index (χ3n) is 1.05. The first-order valence-corrected chi connectivity index (χ1v) is 4.41. The molecular formula is C6H4N2O4S. The molecule has 1 aromatic heterocycles. The summed E-state index contributed by atoms with van der Waals surface area (Å²) in [5.74, 6) is -0.346. The van der Waals surface area contributed by atoms with Crippen LogP contribution in [0.1, 0.15) is 5.56 Å². The Bertz CT molecular complexity index is 448. The molecule has 1 rings (SSSR count). The molecule has 13 heavy (non-hydrogen) atoms. The second kappa shape index (κ2) is 3.38. The predicted molar refractivity (Wildman–Crippen MR) is 41.1 cm³/mol. The number of aromatic nitrogens is 1. The van der Waals surface area contributed by atoms with Gasteiger partial charge in [0.05, 0.1) is 11.6 Å². The molecule has 0 saturated heterocycles. The van der Waals surface area contributed by atoms with Crippen LogP contribution in [0.2, 0.25) is 0 Å². The Morgan fingerprint density at radius 1 is 1.62 bits per heavy atom. The van der Waals surface area contributed by atoms with E-state index < -0.39 is 10.4 Å². The fraction of sp³-hybridized carbons (Fsp3) is 0. The molecule has 1 N–H and O–H groups in total. The van der Waals surface area contributed by atoms with Crippen molar-refractivity contribution in [2.45, 2.75) is 0 Å². The van der Waals surface area contributed by atoms with E-state index in [2.05, 4.69) is 9.17 Å². The maximum atomic E-state index is 10.2. The van der Waals surface area contributed by atoms with Crippen molar-refractivity contribution in [2.24, 2.45) is 0 Å². The Hall–Kier alpha value is -1.65. The van der Waals surface area contributed by atoms with Gasteiger partial charge in [0, 0.05) is 12.3 Å². The van der Waals surface area contributed by atoms with Crippen LogP contribution in [0.5, 0.6) is 5.88 Å². The smallest absolute Gasteiger partial charge is 0.341 e. The number of rotatable bonds is 2. The van der Waals surface area contributed by atoms with Gasteiger partial charge in [0.2, 0.25) is 5.88 Å². The van der Waals surface area contributed by atoms with E-state index in [9.17, 15) is 8.42 Å². The largest absolute Gasteiger partial charge is 0.447 e. The van der Waals surface area contributed by atoms with Gasteiger partial charge in [-0.1, -0.05) is 0 Å². The third-order valence-corrected chi connectivity index (χ3v) is 1.44. The number of hydrogen-bond acceptors (Lipinski definition) is 5. The minimum atomic E-state index is -4.57. The normalized spacial score (nSPS) is 10.5. The lowest BCUT2D eigenvalue weighted by Gasteiger charge is -1.98. The summed E-state index contributed by atoms with van der Waals surface area (Å²) in [7, 11) is -4.57. The van der Waals surface area contributed by atoms with Crippen molar-refractivity contribution < 1.29 is 17.2 Å². The van der Waals surface area contributed by atoms with E-state index in [4.69, 9.17) is 9.81 Å². The van der Waals surface area contributed by atoms with Crippen LogP contribution in [0.25, 0.3) is 0 Å². The van der Waals surface area contributed by atoms with Crippen LogP contribution in [0, 0.1) is 11.3 Å². The Morgan fingerprint density at radius 2 is 2.31 bits per heavy atom. The molecule has 0 unspecified atom stereocenters. The van der Waals surface area contributed by atoms with E-state index in [1.165, 1.54) is 12.3 Å². The molecule has 0 bridgehead atoms. The molecule has 0 aromatic carbocycles. The van der Waals surface area contributed by atoms with Crippen LogP contribution in [-0.4, -0.2) is 18.0 Å². The predicted octanol–water partition coefficient (Wildman–Crippen LogP) is 0.135. The van der Waals surface area contributed by atoms with E-state index in [1.54, 1.807) is 6.07 Å². The monoisotopic (exact) mass is 200 g/mol. The van der Waals surface area contributed by atoms with Crippen LogP contribution < -0.4 is 4.18 Å². The van der Waals surface area contributed by atoms with E-state index in [0.29, 0.717) is 0 Å². The van der Waals surface area contributed by atoms with Crippen molar-refractivity contribution in [3.05, 3.63) is 23.9 Å². The maximum Gasteiger partial charge on any atom is 0.447 e. The first kappa shape index (κ1) is 9.44. The summed E-state index contributed by atoms with van der Waals surface area (Å²) in [6, 6.07) is 4.22. The first-order valence-electron chi connectivity index (χ1n) is 3.04. The Morgan fingerprint density at radius 3 is 2.85 bits per heavy atom. The number of nitrogens with zero attached hydrogens (tertiary/aromatic N) is 2. The third kappa shape index (κ3) is 3.06. The second-order valence-electron chi connectivity index (χ2n) is 2.01. The van der Waals surface area contributed by atoms with Crippen molar-refractivity contribution in [1.82, 2.24) is 4.98 Å². The lowest BCUT2D eigenvalue weighted by Crippen LogP contribution is -2.07. The quantitative estimate of drug-likeness (QED) is 0.681. The fourth-order valence-electron chi connectivity index (χ4n) is 0.632. The summed E-state index contributed by atoms with van der Waals surface area (Å²) in [5.41, 5.74) is 0.189. The summed E-state index contributed by atoms with van der Waals surface area (Å²) >= 11 is 0. The maximum absolute atomic E-state index is 10.2. The molecular weight excluding hydrogens is 196 g/mol. The highest BCUT2D eigenvalue weighted by molar-refractivity contribution is 7.81. The fourth-order valence-corrected chi connectivity index (χ4v) is 0.939. The highest BCUT2D eigenvalue weighted by Crippen LogP contribution is 2.09. The van der Waals surface area contributed by atoms with Gasteiger partial charge in [-0.15, -0.1) is 0 Å². The molecule has 68 valence electrons. The summed E-state index contributed by atoms with van der Waals surface area (Å²) in [5, 5.41) is 8.42. The lowest BCUT2D eigenvalue weighted by atomic mass is 10.3. The Balaban J connectivity index is 2.99. The summed E-state index contributed by atoms with van der Waals surface area (Å²) in [6.07, 6.45) is 1.19. The van der Waals surface area contributed by atoms with Gasteiger partial charge in [0.15, 0.2) is 0 Å². The van der Waals surface area contributed by atoms with Gasteiger partial charge in [0.25, 0.3) is 0 Å². The van der Waals surface area contributed by atoms with Crippen molar-refractivity contribution in [3.63, 3.8) is 0 Å². The van der Waals surface area contributed by atoms with Gasteiger partial charge in [-0.05, 0) is 6.07 Å². The van der Waals surface area contributed by atoms with Crippen molar-refractivity contribution >= 4 is 10.4 Å². The number of hydrogen-bond donors (Lipinski definition) is 1. The molecule has 7 heteroatoms. The molecule has 0 atom stereocenters. The highest BCUT2D eigenvalue weighted by atomic mass is 32.3. The summed E-state index contributed by atoms with van der Waals surface area (Å²) < 4.78 is 32.7. The molecule has 6 nitrogen and oxygen atoms in total. The highest BCUT2D eigenvalue weighted by Gasteiger charge is 2.07.